The number of fused-ring (bicyclic) bond motifs is 6. The Balaban J connectivity index is 0.000000346. The maximum Gasteiger partial charge on any atom is 0.238 e. The third-order valence-corrected chi connectivity index (χ3v) is 11.3. The summed E-state index contributed by atoms with van der Waals surface area (Å²) >= 11 is 0. The van der Waals surface area contributed by atoms with Crippen molar-refractivity contribution < 1.29 is 52.8 Å². The highest BCUT2D eigenvalue weighted by atomic mass is 31.2. The molecule has 0 radical (unpaired) electrons. The van der Waals surface area contributed by atoms with E-state index in [-0.39, 0.29) is 95.5 Å². The highest BCUT2D eigenvalue weighted by Gasteiger charge is 2.65. The van der Waals surface area contributed by atoms with Crippen LogP contribution in [0.1, 0.15) is 90.5 Å². The van der Waals surface area contributed by atoms with Crippen LogP contribution in [0.3, 0.4) is 0 Å². The van der Waals surface area contributed by atoms with Gasteiger partial charge in [0.1, 0.15) is 60.0 Å². The molecule has 1 unspecified atom stereocenters. The summed E-state index contributed by atoms with van der Waals surface area (Å²) in [5.74, 6) is 0. The second-order valence-electron chi connectivity index (χ2n) is 12.5. The summed E-state index contributed by atoms with van der Waals surface area (Å²) < 4.78 is 46.0. The topological polar surface area (TPSA) is 139 Å². The normalized spacial score (nSPS) is 47.7. The van der Waals surface area contributed by atoms with E-state index in [0.717, 1.165) is 12.8 Å². The van der Waals surface area contributed by atoms with Crippen molar-refractivity contribution >= 4 is 8.38 Å². The molecule has 6 heterocycles. The van der Waals surface area contributed by atoms with Gasteiger partial charge in [-0.1, -0.05) is 36.1 Å². The van der Waals surface area contributed by atoms with E-state index in [9.17, 15) is 10.2 Å². The van der Waals surface area contributed by atoms with E-state index in [1.807, 2.05) is 55.1 Å². The summed E-state index contributed by atoms with van der Waals surface area (Å²) in [7, 11) is -0.995. The fourth-order valence-electron chi connectivity index (χ4n) is 7.61. The Hall–Kier alpha value is -0.520. The first-order chi connectivity index (χ1) is 20.3. The van der Waals surface area contributed by atoms with Crippen LogP contribution in [-0.4, -0.2) is 132 Å². The lowest BCUT2D eigenvalue weighted by Crippen LogP contribution is -2.49. The number of nitrogens with zero attached hydrogens (tertiary/aromatic N) is 1. The number of rotatable bonds is 8. The van der Waals surface area contributed by atoms with Gasteiger partial charge in [-0.2, -0.15) is 0 Å². The minimum Gasteiger partial charge on any atom is -0.393 e. The molecule has 6 aliphatic heterocycles. The van der Waals surface area contributed by atoms with E-state index in [4.69, 9.17) is 49.1 Å². The smallest absolute Gasteiger partial charge is 0.238 e. The minimum absolute atomic E-state index is 0. The van der Waals surface area contributed by atoms with Gasteiger partial charge in [-0.25, -0.2) is 6.57 Å². The third-order valence-electron chi connectivity index (χ3n) is 10.2. The van der Waals surface area contributed by atoms with Crippen LogP contribution in [0.5, 0.6) is 0 Å². The molecule has 272 valence electrons. The molecule has 0 aromatic carbocycles. The standard InChI is InChI=1S/C13H22NO4P.C9H16O3.C8H14O4.3CH4/c1-6-13-10(3)16-11(9(2)17-13)12(13)18-19(5)15-8-7-14-4;1-4-9-6(3)11-7(8(9)10)5(2)12-9;1-4-6-7(10)8(3-9,12-4)5(2)11-6;;;/h9-12H,6-8H2,1-3,5H3;5-8,10H,4H2,1-3H3;4-7,9-10H,3H2,1-2H3;3*1H4/t9-,10+,11-,12-,13-,19?;5-,6+,7-,8-,9-;4-,5+,6-,7-,8-;;;/m000.../s1. The Morgan fingerprint density at radius 3 is 1.52 bits per heavy atom. The van der Waals surface area contributed by atoms with E-state index in [1.54, 1.807) is 0 Å². The molecule has 12 nitrogen and oxygen atoms in total. The molecule has 6 aliphatic rings. The lowest BCUT2D eigenvalue weighted by Gasteiger charge is -2.35. The van der Waals surface area contributed by atoms with Gasteiger partial charge in [-0.3, -0.25) is 0 Å². The van der Waals surface area contributed by atoms with Crippen molar-refractivity contribution in [1.29, 1.82) is 0 Å². The van der Waals surface area contributed by atoms with Crippen LogP contribution < -0.4 is 0 Å². The molecule has 0 saturated carbocycles. The third kappa shape index (κ3) is 7.19. The molecule has 46 heavy (non-hydrogen) atoms. The molecule has 0 aromatic heterocycles. The van der Waals surface area contributed by atoms with Crippen LogP contribution in [0.2, 0.25) is 0 Å². The summed E-state index contributed by atoms with van der Waals surface area (Å²) in [6, 6.07) is 0. The fourth-order valence-corrected chi connectivity index (χ4v) is 8.63. The molecule has 3 N–H and O–H groups in total. The predicted molar refractivity (Wildman–Crippen MR) is 178 cm³/mol. The molecule has 0 aromatic rings. The van der Waals surface area contributed by atoms with Crippen molar-refractivity contribution in [2.45, 2.75) is 181 Å². The molecular formula is C33H64NO11P. The van der Waals surface area contributed by atoms with Crippen LogP contribution >= 0.6 is 8.38 Å². The number of aliphatic hydroxyl groups is 3. The van der Waals surface area contributed by atoms with Gasteiger partial charge in [0.05, 0.1) is 43.2 Å². The zero-order valence-corrected chi connectivity index (χ0v) is 27.9. The van der Waals surface area contributed by atoms with Gasteiger partial charge in [0.15, 0.2) is 8.38 Å². The number of hydrogen-bond acceptors (Lipinski definition) is 11. The fraction of sp³-hybridized carbons (Fsp3) is 0.970. The Bertz CT molecular complexity index is 948. The predicted octanol–water partition coefficient (Wildman–Crippen LogP) is 4.50. The maximum absolute atomic E-state index is 9.87. The molecule has 6 bridgehead atoms. The molecule has 16 atom stereocenters. The molecule has 6 rings (SSSR count). The lowest BCUT2D eigenvalue weighted by atomic mass is 9.90. The first-order valence-corrected chi connectivity index (χ1v) is 17.2. The van der Waals surface area contributed by atoms with E-state index in [0.29, 0.717) is 13.2 Å². The monoisotopic (exact) mass is 681 g/mol. The quantitative estimate of drug-likeness (QED) is 0.190. The average Bonchev–Trinajstić information content (AvgIpc) is 3.70. The summed E-state index contributed by atoms with van der Waals surface area (Å²) in [5.41, 5.74) is -1.64. The number of ether oxygens (including phenoxy) is 6. The van der Waals surface area contributed by atoms with Crippen molar-refractivity contribution in [2.75, 3.05) is 26.4 Å². The SMILES string of the molecule is C.C.C.CC[C@]12O[C@@H](C)[C@H](O[C@@H]1C)[C@@H]2O.C[C@@H]1O[C@@]2(CO)[C@@H](C)O[C@@H]1[C@@H]2O.[C-]#[N+]CCOP(C)O[C@H]1[C@H]2O[C@H](C)[C@]1(CC)O[C@H]2C. The molecule has 0 amide bonds. The second kappa shape index (κ2) is 16.9. The van der Waals surface area contributed by atoms with Gasteiger partial charge in [-0.05, 0) is 54.4 Å². The molecule has 6 saturated heterocycles. The van der Waals surface area contributed by atoms with Gasteiger partial charge in [0.2, 0.25) is 6.54 Å². The Kier molecular flexibility index (Phi) is 16.0. The number of aliphatic hydroxyl groups excluding tert-OH is 3. The van der Waals surface area contributed by atoms with Gasteiger partial charge < -0.3 is 57.6 Å². The largest absolute Gasteiger partial charge is 0.393 e. The van der Waals surface area contributed by atoms with Crippen molar-refractivity contribution in [3.8, 4) is 0 Å². The summed E-state index contributed by atoms with van der Waals surface area (Å²) in [5, 5.41) is 28.7. The zero-order valence-electron chi connectivity index (χ0n) is 27.0. The van der Waals surface area contributed by atoms with E-state index in [2.05, 4.69) is 11.8 Å². The summed E-state index contributed by atoms with van der Waals surface area (Å²) in [4.78, 5) is 3.27. The van der Waals surface area contributed by atoms with Gasteiger partial charge >= 0.3 is 0 Å². The van der Waals surface area contributed by atoms with E-state index >= 15 is 0 Å². The first kappa shape index (κ1) is 43.5. The second-order valence-corrected chi connectivity index (χ2v) is 13.8. The van der Waals surface area contributed by atoms with Gasteiger partial charge in [0.25, 0.3) is 0 Å². The van der Waals surface area contributed by atoms with Crippen LogP contribution in [0.4, 0.5) is 0 Å². The highest BCUT2D eigenvalue weighted by Crippen LogP contribution is 2.52. The molecule has 0 aliphatic carbocycles. The van der Waals surface area contributed by atoms with E-state index in [1.165, 1.54) is 0 Å². The molecule has 13 heteroatoms. The maximum atomic E-state index is 9.87. The van der Waals surface area contributed by atoms with E-state index < -0.39 is 31.8 Å². The Morgan fingerprint density at radius 1 is 0.717 bits per heavy atom. The van der Waals surface area contributed by atoms with Crippen LogP contribution in [-0.2, 0) is 37.5 Å². The summed E-state index contributed by atoms with van der Waals surface area (Å²) in [6.07, 6.45) is -0.0656. The van der Waals surface area contributed by atoms with Crippen molar-refractivity contribution in [3.05, 3.63) is 11.4 Å². The van der Waals surface area contributed by atoms with Crippen molar-refractivity contribution in [3.63, 3.8) is 0 Å². The van der Waals surface area contributed by atoms with Crippen molar-refractivity contribution in [1.82, 2.24) is 0 Å². The molecular weight excluding hydrogens is 617 g/mol. The van der Waals surface area contributed by atoms with Gasteiger partial charge in [-0.15, -0.1) is 0 Å². The lowest BCUT2D eigenvalue weighted by molar-refractivity contribution is -0.189. The van der Waals surface area contributed by atoms with Crippen LogP contribution in [0.25, 0.3) is 4.85 Å². The highest BCUT2D eigenvalue weighted by molar-refractivity contribution is 7.46. The van der Waals surface area contributed by atoms with Crippen LogP contribution in [0.15, 0.2) is 0 Å². The molecule has 6 fully saturated rings. The van der Waals surface area contributed by atoms with Gasteiger partial charge in [0, 0.05) is 6.66 Å². The summed E-state index contributed by atoms with van der Waals surface area (Å²) in [6.45, 7) is 25.1. The minimum atomic E-state index is -0.995. The number of hydrogen-bond donors (Lipinski definition) is 3. The Morgan fingerprint density at radius 2 is 1.13 bits per heavy atom. The average molecular weight is 682 g/mol. The zero-order chi connectivity index (χ0) is 31.9. The van der Waals surface area contributed by atoms with Crippen LogP contribution in [0, 0.1) is 6.57 Å². The first-order valence-electron chi connectivity index (χ1n) is 15.6. The Labute approximate surface area is 279 Å². The van der Waals surface area contributed by atoms with Crippen molar-refractivity contribution in [2.24, 2.45) is 0 Å². The molecule has 0 spiro atoms.